The number of nitrogens with one attached hydrogen (secondary N) is 2. The highest BCUT2D eigenvalue weighted by molar-refractivity contribution is 6.06. The largest absolute Gasteiger partial charge is 0.358 e. The number of benzene rings is 1. The molecule has 0 aliphatic heterocycles. The average molecular weight is 270 g/mol. The second-order valence-electron chi connectivity index (χ2n) is 5.63. The second kappa shape index (κ2) is 5.70. The number of rotatable bonds is 4. The number of carbonyl (C=O) groups is 1. The number of amides is 1. The van der Waals surface area contributed by atoms with Crippen molar-refractivity contribution >= 4 is 16.8 Å². The Kier molecular flexibility index (Phi) is 3.77. The van der Waals surface area contributed by atoms with E-state index in [4.69, 9.17) is 0 Å². The van der Waals surface area contributed by atoms with E-state index in [1.807, 2.05) is 12.1 Å². The second-order valence-corrected chi connectivity index (χ2v) is 5.63. The lowest BCUT2D eigenvalue weighted by atomic mass is 9.95. The number of H-pyrrole nitrogens is 1. The zero-order valence-corrected chi connectivity index (χ0v) is 12.1. The summed E-state index contributed by atoms with van der Waals surface area (Å²) >= 11 is 0. The summed E-state index contributed by atoms with van der Waals surface area (Å²) in [4.78, 5) is 15.8. The van der Waals surface area contributed by atoms with Crippen molar-refractivity contribution in [1.82, 2.24) is 10.3 Å². The predicted octanol–water partition coefficient (Wildman–Crippen LogP) is 3.58. The van der Waals surface area contributed by atoms with E-state index < -0.39 is 0 Å². The molecule has 1 aliphatic rings. The Bertz CT molecular complexity index is 627. The first-order valence-electron chi connectivity index (χ1n) is 7.72. The van der Waals surface area contributed by atoms with Gasteiger partial charge in [0.1, 0.15) is 0 Å². The fourth-order valence-corrected chi connectivity index (χ4v) is 3.09. The molecule has 0 fully saturated rings. The summed E-state index contributed by atoms with van der Waals surface area (Å²) in [5.74, 6) is 0.0441. The van der Waals surface area contributed by atoms with Gasteiger partial charge in [-0.05, 0) is 43.7 Å². The molecule has 1 aromatic carbocycles. The SMILES string of the molecule is CCCCNC(=O)c1cccc2c3c([nH]c12)CCCC3. The van der Waals surface area contributed by atoms with Crippen LogP contribution < -0.4 is 5.32 Å². The van der Waals surface area contributed by atoms with Crippen molar-refractivity contribution in [2.75, 3.05) is 6.54 Å². The molecule has 1 heterocycles. The van der Waals surface area contributed by atoms with E-state index in [0.717, 1.165) is 43.3 Å². The third kappa shape index (κ3) is 2.33. The number of aromatic amines is 1. The summed E-state index contributed by atoms with van der Waals surface area (Å²) < 4.78 is 0. The molecule has 106 valence electrons. The first kappa shape index (κ1) is 13.2. The van der Waals surface area contributed by atoms with Gasteiger partial charge in [-0.3, -0.25) is 4.79 Å². The Morgan fingerprint density at radius 3 is 3.00 bits per heavy atom. The fourth-order valence-electron chi connectivity index (χ4n) is 3.09. The number of aryl methyl sites for hydroxylation is 2. The highest BCUT2D eigenvalue weighted by Gasteiger charge is 2.18. The van der Waals surface area contributed by atoms with Gasteiger partial charge in [0, 0.05) is 17.6 Å². The minimum Gasteiger partial charge on any atom is -0.358 e. The van der Waals surface area contributed by atoms with Gasteiger partial charge in [0.15, 0.2) is 0 Å². The Hall–Kier alpha value is -1.77. The van der Waals surface area contributed by atoms with Crippen LogP contribution in [-0.4, -0.2) is 17.4 Å². The van der Waals surface area contributed by atoms with Crippen LogP contribution in [0.15, 0.2) is 18.2 Å². The van der Waals surface area contributed by atoms with Crippen molar-refractivity contribution < 1.29 is 4.79 Å². The topological polar surface area (TPSA) is 44.9 Å². The summed E-state index contributed by atoms with van der Waals surface area (Å²) in [5, 5.41) is 4.25. The van der Waals surface area contributed by atoms with Gasteiger partial charge in [-0.2, -0.15) is 0 Å². The summed E-state index contributed by atoms with van der Waals surface area (Å²) in [7, 11) is 0. The number of fused-ring (bicyclic) bond motifs is 3. The molecule has 0 atom stereocenters. The molecule has 2 aromatic rings. The monoisotopic (exact) mass is 270 g/mol. The van der Waals surface area contributed by atoms with Gasteiger partial charge in [0.05, 0.1) is 11.1 Å². The highest BCUT2D eigenvalue weighted by Crippen LogP contribution is 2.30. The zero-order chi connectivity index (χ0) is 13.9. The average Bonchev–Trinajstić information content (AvgIpc) is 2.86. The number of hydrogen-bond acceptors (Lipinski definition) is 1. The molecule has 1 aromatic heterocycles. The van der Waals surface area contributed by atoms with Crippen LogP contribution in [0.2, 0.25) is 0 Å². The Labute approximate surface area is 119 Å². The van der Waals surface area contributed by atoms with Crippen molar-refractivity contribution in [3.8, 4) is 0 Å². The van der Waals surface area contributed by atoms with E-state index in [0.29, 0.717) is 0 Å². The van der Waals surface area contributed by atoms with Gasteiger partial charge in [0.25, 0.3) is 5.91 Å². The van der Waals surface area contributed by atoms with Gasteiger partial charge in [-0.25, -0.2) is 0 Å². The molecule has 3 nitrogen and oxygen atoms in total. The Morgan fingerprint density at radius 1 is 1.30 bits per heavy atom. The highest BCUT2D eigenvalue weighted by atomic mass is 16.1. The van der Waals surface area contributed by atoms with Crippen LogP contribution in [0.25, 0.3) is 10.9 Å². The quantitative estimate of drug-likeness (QED) is 0.820. The number of aromatic nitrogens is 1. The molecular weight excluding hydrogens is 248 g/mol. The summed E-state index contributed by atoms with van der Waals surface area (Å²) in [6, 6.07) is 6.06. The molecule has 0 spiro atoms. The maximum absolute atomic E-state index is 12.3. The van der Waals surface area contributed by atoms with Crippen LogP contribution in [-0.2, 0) is 12.8 Å². The molecule has 0 bridgehead atoms. The molecule has 0 saturated carbocycles. The van der Waals surface area contributed by atoms with Crippen LogP contribution >= 0.6 is 0 Å². The maximum Gasteiger partial charge on any atom is 0.253 e. The predicted molar refractivity (Wildman–Crippen MR) is 82.2 cm³/mol. The number of carbonyl (C=O) groups excluding carboxylic acids is 1. The molecular formula is C17H22N2O. The van der Waals surface area contributed by atoms with Gasteiger partial charge < -0.3 is 10.3 Å². The lowest BCUT2D eigenvalue weighted by molar-refractivity contribution is 0.0954. The standard InChI is InChI=1S/C17H22N2O/c1-2-3-11-18-17(20)14-9-6-8-13-12-7-4-5-10-15(12)19-16(13)14/h6,8-9,19H,2-5,7,10-11H2,1H3,(H,18,20). The molecule has 2 N–H and O–H groups in total. The lowest BCUT2D eigenvalue weighted by Crippen LogP contribution is -2.24. The van der Waals surface area contributed by atoms with Crippen LogP contribution in [0.5, 0.6) is 0 Å². The minimum atomic E-state index is 0.0441. The third-order valence-corrected chi connectivity index (χ3v) is 4.19. The number of hydrogen-bond donors (Lipinski definition) is 2. The van der Waals surface area contributed by atoms with Crippen molar-refractivity contribution in [1.29, 1.82) is 0 Å². The normalized spacial score (nSPS) is 14.2. The van der Waals surface area contributed by atoms with Crippen LogP contribution in [0.1, 0.15) is 54.2 Å². The molecule has 3 heteroatoms. The first-order chi connectivity index (χ1) is 9.81. The van der Waals surface area contributed by atoms with Crippen LogP contribution in [0, 0.1) is 0 Å². The molecule has 3 rings (SSSR count). The molecule has 0 saturated heterocycles. The van der Waals surface area contributed by atoms with Crippen LogP contribution in [0.3, 0.4) is 0 Å². The van der Waals surface area contributed by atoms with Crippen molar-refractivity contribution in [2.24, 2.45) is 0 Å². The molecule has 1 aliphatic carbocycles. The van der Waals surface area contributed by atoms with E-state index in [2.05, 4.69) is 23.3 Å². The van der Waals surface area contributed by atoms with E-state index in [-0.39, 0.29) is 5.91 Å². The van der Waals surface area contributed by atoms with Gasteiger partial charge >= 0.3 is 0 Å². The summed E-state index contributed by atoms with van der Waals surface area (Å²) in [6.07, 6.45) is 6.88. The van der Waals surface area contributed by atoms with E-state index in [9.17, 15) is 4.79 Å². The van der Waals surface area contributed by atoms with E-state index in [1.165, 1.54) is 29.5 Å². The van der Waals surface area contributed by atoms with Crippen molar-refractivity contribution in [3.05, 3.63) is 35.0 Å². The van der Waals surface area contributed by atoms with Crippen molar-refractivity contribution in [3.63, 3.8) is 0 Å². The third-order valence-electron chi connectivity index (χ3n) is 4.19. The molecule has 0 radical (unpaired) electrons. The van der Waals surface area contributed by atoms with Gasteiger partial charge in [0.2, 0.25) is 0 Å². The van der Waals surface area contributed by atoms with Crippen LogP contribution in [0.4, 0.5) is 0 Å². The number of para-hydroxylation sites is 1. The zero-order valence-electron chi connectivity index (χ0n) is 12.1. The molecule has 0 unspecified atom stereocenters. The lowest BCUT2D eigenvalue weighted by Gasteiger charge is -2.10. The van der Waals surface area contributed by atoms with Gasteiger partial charge in [-0.15, -0.1) is 0 Å². The van der Waals surface area contributed by atoms with Crippen molar-refractivity contribution in [2.45, 2.75) is 45.4 Å². The van der Waals surface area contributed by atoms with E-state index >= 15 is 0 Å². The minimum absolute atomic E-state index is 0.0441. The fraction of sp³-hybridized carbons (Fsp3) is 0.471. The van der Waals surface area contributed by atoms with Gasteiger partial charge in [-0.1, -0.05) is 25.5 Å². The number of unbranched alkanes of at least 4 members (excludes halogenated alkanes) is 1. The molecule has 20 heavy (non-hydrogen) atoms. The Balaban J connectivity index is 1.95. The summed E-state index contributed by atoms with van der Waals surface area (Å²) in [5.41, 5.74) is 4.57. The first-order valence-corrected chi connectivity index (χ1v) is 7.72. The maximum atomic E-state index is 12.3. The molecule has 1 amide bonds. The van der Waals surface area contributed by atoms with E-state index in [1.54, 1.807) is 0 Å². The Morgan fingerprint density at radius 2 is 2.15 bits per heavy atom. The summed E-state index contributed by atoms with van der Waals surface area (Å²) in [6.45, 7) is 2.89. The smallest absolute Gasteiger partial charge is 0.253 e.